The number of pyridine rings is 1. The Bertz CT molecular complexity index is 706. The van der Waals surface area contributed by atoms with Crippen LogP contribution < -0.4 is 5.56 Å². The van der Waals surface area contributed by atoms with Gasteiger partial charge in [-0.25, -0.2) is 0 Å². The third kappa shape index (κ3) is 2.56. The van der Waals surface area contributed by atoms with Gasteiger partial charge < -0.3 is 0 Å². The highest BCUT2D eigenvalue weighted by atomic mass is 19.4. The van der Waals surface area contributed by atoms with E-state index in [2.05, 4.69) is 0 Å². The molecule has 5 nitrogen and oxygen atoms in total. The fourth-order valence-electron chi connectivity index (χ4n) is 1.78. The summed E-state index contributed by atoms with van der Waals surface area (Å²) in [4.78, 5) is 21.9. The Morgan fingerprint density at radius 2 is 1.79 bits per heavy atom. The van der Waals surface area contributed by atoms with Crippen LogP contribution in [0.5, 0.6) is 0 Å². The van der Waals surface area contributed by atoms with Crippen LogP contribution in [0.2, 0.25) is 0 Å². The molecule has 0 saturated heterocycles. The molecule has 0 amide bonds. The molecule has 0 aliphatic heterocycles. The minimum Gasteiger partial charge on any atom is -0.299 e. The second kappa shape index (κ2) is 4.38. The van der Waals surface area contributed by atoms with Crippen LogP contribution in [0.25, 0.3) is 10.8 Å². The van der Waals surface area contributed by atoms with Gasteiger partial charge in [-0.15, -0.1) is 0 Å². The first-order valence-corrected chi connectivity index (χ1v) is 5.13. The van der Waals surface area contributed by atoms with E-state index in [0.29, 0.717) is 10.8 Å². The lowest BCUT2D eigenvalue weighted by Crippen LogP contribution is -2.28. The van der Waals surface area contributed by atoms with Crippen LogP contribution in [0.15, 0.2) is 35.3 Å². The number of aromatic nitrogens is 1. The summed E-state index contributed by atoms with van der Waals surface area (Å²) in [5.74, 6) is 0. The number of benzene rings is 1. The van der Waals surface area contributed by atoms with Crippen molar-refractivity contribution >= 4 is 16.5 Å². The first kappa shape index (κ1) is 13.1. The molecular weight excluding hydrogens is 265 g/mol. The summed E-state index contributed by atoms with van der Waals surface area (Å²) in [6.45, 7) is -1.56. The molecule has 0 bridgehead atoms. The summed E-state index contributed by atoms with van der Waals surface area (Å²) < 4.78 is 37.3. The van der Waals surface area contributed by atoms with Crippen molar-refractivity contribution in [1.82, 2.24) is 4.57 Å². The first-order chi connectivity index (χ1) is 8.79. The van der Waals surface area contributed by atoms with Gasteiger partial charge in [-0.1, -0.05) is 12.1 Å². The molecule has 0 aliphatic carbocycles. The SMILES string of the molecule is O=c1c2ccccc2c([N+](=O)[O-])cn1CC(F)(F)F. The van der Waals surface area contributed by atoms with Crippen molar-refractivity contribution in [1.29, 1.82) is 0 Å². The van der Waals surface area contributed by atoms with E-state index in [0.717, 1.165) is 0 Å². The van der Waals surface area contributed by atoms with Crippen molar-refractivity contribution in [3.8, 4) is 0 Å². The Hall–Kier alpha value is -2.38. The average Bonchev–Trinajstić information content (AvgIpc) is 2.31. The number of fused-ring (bicyclic) bond motifs is 1. The molecular formula is C11H7F3N2O3. The monoisotopic (exact) mass is 272 g/mol. The van der Waals surface area contributed by atoms with E-state index in [1.54, 1.807) is 0 Å². The molecule has 0 spiro atoms. The maximum atomic E-state index is 12.3. The first-order valence-electron chi connectivity index (χ1n) is 5.13. The molecule has 1 heterocycles. The minimum absolute atomic E-state index is 0.0240. The Balaban J connectivity index is 2.77. The molecule has 0 N–H and O–H groups in total. The number of halogens is 3. The largest absolute Gasteiger partial charge is 0.406 e. The lowest BCUT2D eigenvalue weighted by Gasteiger charge is -2.10. The van der Waals surface area contributed by atoms with Crippen LogP contribution >= 0.6 is 0 Å². The van der Waals surface area contributed by atoms with Crippen LogP contribution in [0, 0.1) is 10.1 Å². The van der Waals surface area contributed by atoms with E-state index in [-0.39, 0.29) is 10.8 Å². The molecule has 2 aromatic rings. The Morgan fingerprint density at radius 3 is 2.32 bits per heavy atom. The van der Waals surface area contributed by atoms with Gasteiger partial charge in [0.1, 0.15) is 6.54 Å². The smallest absolute Gasteiger partial charge is 0.299 e. The number of hydrogen-bond acceptors (Lipinski definition) is 3. The molecule has 0 unspecified atom stereocenters. The second-order valence-corrected chi connectivity index (χ2v) is 3.87. The average molecular weight is 272 g/mol. The van der Waals surface area contributed by atoms with Crippen LogP contribution in [-0.2, 0) is 6.54 Å². The van der Waals surface area contributed by atoms with Crippen LogP contribution in [0.4, 0.5) is 18.9 Å². The van der Waals surface area contributed by atoms with Gasteiger partial charge in [0.25, 0.3) is 11.2 Å². The normalized spacial score (nSPS) is 11.7. The van der Waals surface area contributed by atoms with Gasteiger partial charge in [-0.2, -0.15) is 13.2 Å². The van der Waals surface area contributed by atoms with Crippen molar-refractivity contribution in [3.63, 3.8) is 0 Å². The van der Waals surface area contributed by atoms with Gasteiger partial charge in [-0.05, 0) is 12.1 Å². The van der Waals surface area contributed by atoms with E-state index in [1.807, 2.05) is 0 Å². The lowest BCUT2D eigenvalue weighted by molar-refractivity contribution is -0.383. The van der Waals surface area contributed by atoms with Gasteiger partial charge in [0.2, 0.25) is 0 Å². The number of nitro groups is 1. The van der Waals surface area contributed by atoms with Crippen LogP contribution in [0.1, 0.15) is 0 Å². The molecule has 0 aliphatic rings. The third-order valence-corrected chi connectivity index (χ3v) is 2.52. The predicted octanol–water partition coefficient (Wildman–Crippen LogP) is 2.47. The highest BCUT2D eigenvalue weighted by Gasteiger charge is 2.30. The quantitative estimate of drug-likeness (QED) is 0.623. The Kier molecular flexibility index (Phi) is 3.01. The Morgan fingerprint density at radius 1 is 1.21 bits per heavy atom. The van der Waals surface area contributed by atoms with Gasteiger partial charge in [0.15, 0.2) is 0 Å². The van der Waals surface area contributed by atoms with Crippen LogP contribution in [-0.4, -0.2) is 15.7 Å². The molecule has 1 aromatic carbocycles. The standard InChI is InChI=1S/C11H7F3N2O3/c12-11(13,14)6-15-5-9(16(18)19)7-3-1-2-4-8(7)10(15)17/h1-5H,6H2. The molecule has 100 valence electrons. The molecule has 0 atom stereocenters. The van der Waals surface area contributed by atoms with E-state index in [9.17, 15) is 28.1 Å². The third-order valence-electron chi connectivity index (χ3n) is 2.52. The summed E-state index contributed by atoms with van der Waals surface area (Å²) in [5.41, 5.74) is -1.43. The molecule has 1 aromatic heterocycles. The fraction of sp³-hybridized carbons (Fsp3) is 0.182. The maximum absolute atomic E-state index is 12.3. The van der Waals surface area contributed by atoms with E-state index in [4.69, 9.17) is 0 Å². The van der Waals surface area contributed by atoms with Crippen molar-refractivity contribution in [2.24, 2.45) is 0 Å². The highest BCUT2D eigenvalue weighted by molar-refractivity contribution is 5.89. The van der Waals surface area contributed by atoms with Gasteiger partial charge in [0.05, 0.1) is 21.9 Å². The van der Waals surface area contributed by atoms with Crippen molar-refractivity contribution < 1.29 is 18.1 Å². The van der Waals surface area contributed by atoms with Gasteiger partial charge in [0, 0.05) is 0 Å². The zero-order valence-corrected chi connectivity index (χ0v) is 9.35. The maximum Gasteiger partial charge on any atom is 0.406 e. The number of hydrogen-bond donors (Lipinski definition) is 0. The van der Waals surface area contributed by atoms with Gasteiger partial charge in [-0.3, -0.25) is 19.5 Å². The predicted molar refractivity (Wildman–Crippen MR) is 60.9 cm³/mol. The molecule has 0 fully saturated rings. The second-order valence-electron chi connectivity index (χ2n) is 3.87. The van der Waals surface area contributed by atoms with E-state index in [1.165, 1.54) is 24.3 Å². The number of nitrogens with zero attached hydrogens (tertiary/aromatic N) is 2. The van der Waals surface area contributed by atoms with Gasteiger partial charge >= 0.3 is 6.18 Å². The molecule has 19 heavy (non-hydrogen) atoms. The summed E-state index contributed by atoms with van der Waals surface area (Å²) >= 11 is 0. The molecule has 0 radical (unpaired) electrons. The van der Waals surface area contributed by atoms with E-state index >= 15 is 0 Å². The molecule has 0 saturated carbocycles. The summed E-state index contributed by atoms with van der Waals surface area (Å²) in [5, 5.41) is 10.8. The topological polar surface area (TPSA) is 65.1 Å². The van der Waals surface area contributed by atoms with Crippen LogP contribution in [0.3, 0.4) is 0 Å². The fourth-order valence-corrected chi connectivity index (χ4v) is 1.78. The highest BCUT2D eigenvalue weighted by Crippen LogP contribution is 2.24. The van der Waals surface area contributed by atoms with Crippen molar-refractivity contribution in [3.05, 3.63) is 50.9 Å². The zero-order chi connectivity index (χ0) is 14.2. The minimum atomic E-state index is -4.62. The molecule has 2 rings (SSSR count). The van der Waals surface area contributed by atoms with Crippen molar-refractivity contribution in [2.75, 3.05) is 0 Å². The summed E-state index contributed by atoms with van der Waals surface area (Å²) in [6.07, 6.45) is -4.00. The summed E-state index contributed by atoms with van der Waals surface area (Å²) in [7, 11) is 0. The van der Waals surface area contributed by atoms with E-state index < -0.39 is 28.9 Å². The number of alkyl halides is 3. The Labute approximate surface area is 104 Å². The van der Waals surface area contributed by atoms with Crippen molar-refractivity contribution in [2.45, 2.75) is 12.7 Å². The molecule has 8 heteroatoms. The zero-order valence-electron chi connectivity index (χ0n) is 9.35. The number of rotatable bonds is 2. The summed E-state index contributed by atoms with van der Waals surface area (Å²) in [6, 6.07) is 5.50. The lowest BCUT2D eigenvalue weighted by atomic mass is 10.1.